The molecule has 0 bridgehead atoms. The van der Waals surface area contributed by atoms with Gasteiger partial charge in [0, 0.05) is 18.0 Å². The first-order chi connectivity index (χ1) is 7.79. The topological polar surface area (TPSA) is 38.3 Å². The lowest BCUT2D eigenvalue weighted by atomic mass is 9.84. The van der Waals surface area contributed by atoms with E-state index in [4.69, 9.17) is 4.74 Å². The molecule has 1 fully saturated rings. The van der Waals surface area contributed by atoms with Crippen LogP contribution in [-0.2, 0) is 9.53 Å². The van der Waals surface area contributed by atoms with Crippen molar-refractivity contribution in [1.82, 2.24) is 5.32 Å². The molecule has 3 nitrogen and oxygen atoms in total. The van der Waals surface area contributed by atoms with Crippen molar-refractivity contribution in [1.29, 1.82) is 0 Å². The van der Waals surface area contributed by atoms with Crippen LogP contribution in [0.25, 0.3) is 0 Å². The summed E-state index contributed by atoms with van der Waals surface area (Å²) >= 11 is 3.45. The number of rotatable bonds is 4. The van der Waals surface area contributed by atoms with E-state index in [2.05, 4.69) is 42.0 Å². The van der Waals surface area contributed by atoms with E-state index in [9.17, 15) is 4.79 Å². The number of hydrogen-bond acceptors (Lipinski definition) is 2. The zero-order chi connectivity index (χ0) is 13.1. The number of hydrogen-bond donors (Lipinski definition) is 1. The predicted octanol–water partition coefficient (Wildman–Crippen LogP) is 2.87. The van der Waals surface area contributed by atoms with Gasteiger partial charge >= 0.3 is 0 Å². The Morgan fingerprint density at radius 1 is 1.53 bits per heavy atom. The molecule has 0 saturated carbocycles. The van der Waals surface area contributed by atoms with E-state index < -0.39 is 5.60 Å². The molecule has 0 aromatic rings. The first-order valence-electron chi connectivity index (χ1n) is 6.30. The zero-order valence-corrected chi connectivity index (χ0v) is 12.9. The Kier molecular flexibility index (Phi) is 5.02. The molecule has 2 unspecified atom stereocenters. The molecule has 4 heteroatoms. The molecule has 1 heterocycles. The molecule has 1 aliphatic heterocycles. The highest BCUT2D eigenvalue weighted by Gasteiger charge is 2.39. The smallest absolute Gasteiger partial charge is 0.252 e. The van der Waals surface area contributed by atoms with Crippen LogP contribution in [0, 0.1) is 5.41 Å². The van der Waals surface area contributed by atoms with Gasteiger partial charge in [0.2, 0.25) is 0 Å². The van der Waals surface area contributed by atoms with Crippen LogP contribution in [0.2, 0.25) is 0 Å². The van der Waals surface area contributed by atoms with Gasteiger partial charge < -0.3 is 10.1 Å². The van der Waals surface area contributed by atoms with Gasteiger partial charge in [0.1, 0.15) is 5.60 Å². The monoisotopic (exact) mass is 305 g/mol. The number of halogens is 1. The number of alkyl halides is 1. The van der Waals surface area contributed by atoms with Crippen molar-refractivity contribution >= 4 is 21.8 Å². The van der Waals surface area contributed by atoms with Crippen molar-refractivity contribution < 1.29 is 9.53 Å². The van der Waals surface area contributed by atoms with Crippen molar-refractivity contribution in [3.8, 4) is 0 Å². The molecule has 0 radical (unpaired) electrons. The molecule has 0 aromatic heterocycles. The van der Waals surface area contributed by atoms with Crippen LogP contribution in [0.5, 0.6) is 0 Å². The molecule has 2 atom stereocenters. The summed E-state index contributed by atoms with van der Waals surface area (Å²) < 4.78 is 5.57. The maximum Gasteiger partial charge on any atom is 0.252 e. The fraction of sp³-hybridized carbons (Fsp3) is 0.923. The molecular weight excluding hydrogens is 282 g/mol. The minimum atomic E-state index is -0.615. The highest BCUT2D eigenvalue weighted by Crippen LogP contribution is 2.28. The summed E-state index contributed by atoms with van der Waals surface area (Å²) in [5.41, 5.74) is -0.547. The SMILES string of the molecule is CC1(C(=O)NC(CCBr)C(C)(C)C)CCCO1. The summed E-state index contributed by atoms with van der Waals surface area (Å²) in [7, 11) is 0. The summed E-state index contributed by atoms with van der Waals surface area (Å²) in [6.45, 7) is 9.04. The first-order valence-corrected chi connectivity index (χ1v) is 7.42. The highest BCUT2D eigenvalue weighted by atomic mass is 79.9. The molecule has 100 valence electrons. The summed E-state index contributed by atoms with van der Waals surface area (Å²) in [5.74, 6) is 0.0378. The molecule has 1 rings (SSSR count). The van der Waals surface area contributed by atoms with E-state index in [-0.39, 0.29) is 17.4 Å². The first kappa shape index (κ1) is 15.0. The fourth-order valence-electron chi connectivity index (χ4n) is 2.10. The van der Waals surface area contributed by atoms with E-state index >= 15 is 0 Å². The van der Waals surface area contributed by atoms with Crippen molar-refractivity contribution in [2.45, 2.75) is 58.6 Å². The van der Waals surface area contributed by atoms with Crippen LogP contribution in [0.4, 0.5) is 0 Å². The van der Waals surface area contributed by atoms with E-state index in [1.54, 1.807) is 0 Å². The molecule has 1 N–H and O–H groups in total. The van der Waals surface area contributed by atoms with Crippen LogP contribution >= 0.6 is 15.9 Å². The molecule has 0 aromatic carbocycles. The van der Waals surface area contributed by atoms with E-state index in [0.717, 1.165) is 24.6 Å². The standard InChI is InChI=1S/C13H24BrNO2/c1-12(2,3)10(6-8-14)15-11(16)13(4)7-5-9-17-13/h10H,5-9H2,1-4H3,(H,15,16). The van der Waals surface area contributed by atoms with Crippen LogP contribution < -0.4 is 5.32 Å². The van der Waals surface area contributed by atoms with E-state index in [1.165, 1.54) is 0 Å². The molecule has 1 saturated heterocycles. The molecule has 1 aliphatic rings. The zero-order valence-electron chi connectivity index (χ0n) is 11.3. The van der Waals surface area contributed by atoms with E-state index in [1.807, 2.05) is 6.92 Å². The Labute approximate surface area is 113 Å². The Bertz CT molecular complexity index is 267. The van der Waals surface area contributed by atoms with Crippen LogP contribution in [-0.4, -0.2) is 29.5 Å². The van der Waals surface area contributed by atoms with Crippen LogP contribution in [0.1, 0.15) is 47.0 Å². The van der Waals surface area contributed by atoms with Gasteiger partial charge in [-0.15, -0.1) is 0 Å². The van der Waals surface area contributed by atoms with Crippen molar-refractivity contribution in [2.24, 2.45) is 5.41 Å². The Hall–Kier alpha value is -0.0900. The number of carbonyl (C=O) groups excluding carboxylic acids is 1. The van der Waals surface area contributed by atoms with E-state index in [0.29, 0.717) is 6.61 Å². The molecule has 1 amide bonds. The van der Waals surface area contributed by atoms with Crippen molar-refractivity contribution in [3.63, 3.8) is 0 Å². The van der Waals surface area contributed by atoms with Crippen molar-refractivity contribution in [2.75, 3.05) is 11.9 Å². The minimum Gasteiger partial charge on any atom is -0.365 e. The third kappa shape index (κ3) is 3.95. The molecular formula is C13H24BrNO2. The number of nitrogens with one attached hydrogen (secondary N) is 1. The van der Waals surface area contributed by atoms with Gasteiger partial charge in [-0.25, -0.2) is 0 Å². The molecule has 0 aliphatic carbocycles. The Morgan fingerprint density at radius 3 is 2.59 bits per heavy atom. The largest absolute Gasteiger partial charge is 0.365 e. The quantitative estimate of drug-likeness (QED) is 0.811. The van der Waals surface area contributed by atoms with Gasteiger partial charge in [-0.1, -0.05) is 36.7 Å². The second-order valence-electron chi connectivity index (χ2n) is 6.05. The summed E-state index contributed by atoms with van der Waals surface area (Å²) in [6, 6.07) is 0.176. The Balaban J connectivity index is 2.64. The Morgan fingerprint density at radius 2 is 2.18 bits per heavy atom. The average molecular weight is 306 g/mol. The number of ether oxygens (including phenoxy) is 1. The second kappa shape index (κ2) is 5.70. The van der Waals surface area contributed by atoms with Crippen LogP contribution in [0.3, 0.4) is 0 Å². The lowest BCUT2D eigenvalue weighted by molar-refractivity contribution is -0.141. The minimum absolute atomic E-state index is 0.0378. The molecule has 17 heavy (non-hydrogen) atoms. The van der Waals surface area contributed by atoms with Crippen molar-refractivity contribution in [3.05, 3.63) is 0 Å². The second-order valence-corrected chi connectivity index (χ2v) is 6.85. The highest BCUT2D eigenvalue weighted by molar-refractivity contribution is 9.09. The summed E-state index contributed by atoms with van der Waals surface area (Å²) in [5, 5.41) is 4.04. The number of amides is 1. The molecule has 0 spiro atoms. The predicted molar refractivity (Wildman–Crippen MR) is 73.4 cm³/mol. The van der Waals surface area contributed by atoms with Gasteiger partial charge in [-0.3, -0.25) is 4.79 Å². The summed E-state index contributed by atoms with van der Waals surface area (Å²) in [6.07, 6.45) is 2.73. The van der Waals surface area contributed by atoms with Gasteiger partial charge in [0.05, 0.1) is 0 Å². The average Bonchev–Trinajstić information content (AvgIpc) is 2.64. The maximum atomic E-state index is 12.2. The van der Waals surface area contributed by atoms with Gasteiger partial charge in [0.15, 0.2) is 0 Å². The lowest BCUT2D eigenvalue weighted by Crippen LogP contribution is -2.52. The van der Waals surface area contributed by atoms with Crippen LogP contribution in [0.15, 0.2) is 0 Å². The fourth-order valence-corrected chi connectivity index (χ4v) is 2.56. The number of carbonyl (C=O) groups is 1. The normalized spacial score (nSPS) is 26.9. The summed E-state index contributed by atoms with van der Waals surface area (Å²) in [4.78, 5) is 12.2. The maximum absolute atomic E-state index is 12.2. The lowest BCUT2D eigenvalue weighted by Gasteiger charge is -2.34. The van der Waals surface area contributed by atoms with Gasteiger partial charge in [0.25, 0.3) is 5.91 Å². The third-order valence-electron chi connectivity index (χ3n) is 3.45. The third-order valence-corrected chi connectivity index (χ3v) is 3.91. The van der Waals surface area contributed by atoms with Gasteiger partial charge in [-0.2, -0.15) is 0 Å². The van der Waals surface area contributed by atoms with Gasteiger partial charge in [-0.05, 0) is 31.6 Å².